The van der Waals surface area contributed by atoms with Gasteiger partial charge in [-0.2, -0.15) is 5.10 Å². The van der Waals surface area contributed by atoms with Crippen LogP contribution in [0.3, 0.4) is 0 Å². The van der Waals surface area contributed by atoms with Gasteiger partial charge in [0.25, 0.3) is 5.91 Å². The van der Waals surface area contributed by atoms with Crippen molar-refractivity contribution < 1.29 is 4.79 Å². The summed E-state index contributed by atoms with van der Waals surface area (Å²) in [5.41, 5.74) is 1.63. The van der Waals surface area contributed by atoms with Gasteiger partial charge in [0.2, 0.25) is 0 Å². The van der Waals surface area contributed by atoms with Crippen molar-refractivity contribution in [3.8, 4) is 0 Å². The van der Waals surface area contributed by atoms with E-state index in [9.17, 15) is 4.79 Å². The molecule has 1 atom stereocenters. The predicted octanol–water partition coefficient (Wildman–Crippen LogP) is 3.04. The average Bonchev–Trinajstić information content (AvgIpc) is 3.26. The number of rotatable bonds is 6. The van der Waals surface area contributed by atoms with E-state index < -0.39 is 0 Å². The third-order valence-electron chi connectivity index (χ3n) is 3.19. The zero-order chi connectivity index (χ0) is 16.1. The Morgan fingerprint density at radius 2 is 2.26 bits per heavy atom. The summed E-state index contributed by atoms with van der Waals surface area (Å²) in [6.45, 7) is 1.93. The fourth-order valence-electron chi connectivity index (χ4n) is 2.06. The normalized spacial score (nSPS) is 12.0. The summed E-state index contributed by atoms with van der Waals surface area (Å²) in [5, 5.41) is 13.1. The number of benzene rings is 1. The molecule has 1 amide bonds. The lowest BCUT2D eigenvalue weighted by atomic mass is 10.1. The molecule has 3 rings (SSSR count). The van der Waals surface area contributed by atoms with Crippen molar-refractivity contribution in [1.29, 1.82) is 0 Å². The number of hydrogen-bond acceptors (Lipinski definition) is 6. The minimum absolute atomic E-state index is 0.0959. The van der Waals surface area contributed by atoms with Gasteiger partial charge in [0.1, 0.15) is 11.3 Å². The maximum atomic E-state index is 12.6. The Morgan fingerprint density at radius 3 is 3.00 bits per heavy atom. The third-order valence-corrected chi connectivity index (χ3v) is 5.07. The number of nitrogens with zero attached hydrogens (tertiary/aromatic N) is 3. The van der Waals surface area contributed by atoms with Crippen LogP contribution in [0.15, 0.2) is 47.3 Å². The van der Waals surface area contributed by atoms with Crippen molar-refractivity contribution in [3.63, 3.8) is 0 Å². The zero-order valence-electron chi connectivity index (χ0n) is 12.4. The number of thioether (sulfide) groups is 1. The second kappa shape index (κ2) is 7.38. The van der Waals surface area contributed by atoms with E-state index in [1.165, 1.54) is 29.4 Å². The van der Waals surface area contributed by atoms with Gasteiger partial charge in [0, 0.05) is 22.9 Å². The Morgan fingerprint density at radius 1 is 1.39 bits per heavy atom. The molecule has 0 aliphatic carbocycles. The smallest absolute Gasteiger partial charge is 0.252 e. The van der Waals surface area contributed by atoms with Crippen LogP contribution in [0.25, 0.3) is 0 Å². The van der Waals surface area contributed by atoms with Crippen molar-refractivity contribution in [2.24, 2.45) is 0 Å². The fourth-order valence-corrected chi connectivity index (χ4v) is 3.49. The molecule has 8 heteroatoms. The molecule has 2 N–H and O–H groups in total. The lowest BCUT2D eigenvalue weighted by molar-refractivity contribution is 0.0939. The first-order chi connectivity index (χ1) is 11.2. The molecule has 0 spiro atoms. The molecule has 6 nitrogen and oxygen atoms in total. The maximum absolute atomic E-state index is 12.6. The highest BCUT2D eigenvalue weighted by molar-refractivity contribution is 7.98. The van der Waals surface area contributed by atoms with E-state index in [-0.39, 0.29) is 11.9 Å². The Kier molecular flexibility index (Phi) is 5.04. The fraction of sp³-hybridized carbons (Fsp3) is 0.200. The van der Waals surface area contributed by atoms with Gasteiger partial charge in [0.15, 0.2) is 5.16 Å². The van der Waals surface area contributed by atoms with Crippen molar-refractivity contribution in [1.82, 2.24) is 25.5 Å². The Balaban J connectivity index is 1.70. The third kappa shape index (κ3) is 3.96. The van der Waals surface area contributed by atoms with Crippen LogP contribution in [0.1, 0.15) is 33.9 Å². The predicted molar refractivity (Wildman–Crippen MR) is 90.4 cm³/mol. The molecule has 0 saturated heterocycles. The van der Waals surface area contributed by atoms with E-state index in [1.807, 2.05) is 36.6 Å². The minimum Gasteiger partial charge on any atom is -0.343 e. The first-order valence-electron chi connectivity index (χ1n) is 7.00. The number of thiazole rings is 1. The molecule has 23 heavy (non-hydrogen) atoms. The largest absolute Gasteiger partial charge is 0.343 e. The Hall–Kier alpha value is -2.19. The van der Waals surface area contributed by atoms with E-state index in [4.69, 9.17) is 0 Å². The highest BCUT2D eigenvalue weighted by Crippen LogP contribution is 2.22. The monoisotopic (exact) mass is 345 g/mol. The highest BCUT2D eigenvalue weighted by Gasteiger charge is 2.16. The zero-order valence-corrected chi connectivity index (χ0v) is 14.0. The summed E-state index contributed by atoms with van der Waals surface area (Å²) in [4.78, 5) is 20.9. The van der Waals surface area contributed by atoms with Crippen LogP contribution in [0.4, 0.5) is 0 Å². The topological polar surface area (TPSA) is 83.6 Å². The van der Waals surface area contributed by atoms with Crippen molar-refractivity contribution >= 4 is 29.0 Å². The standard InChI is InChI=1S/C15H15N5OS2/c1-10(14-16-6-7-22-14)19-13(21)12-5-3-2-4-11(12)8-23-15-17-9-18-20-15/h2-7,9-10H,8H2,1H3,(H,19,21)(H,17,18,20)/t10-/m0/s1. The van der Waals surface area contributed by atoms with Crippen LogP contribution in [-0.2, 0) is 5.75 Å². The second-order valence-corrected chi connectivity index (χ2v) is 6.69. The molecule has 2 heterocycles. The summed E-state index contributed by atoms with van der Waals surface area (Å²) in [5.74, 6) is 0.547. The molecule has 3 aromatic rings. The molecule has 0 fully saturated rings. The summed E-state index contributed by atoms with van der Waals surface area (Å²) in [6, 6.07) is 7.47. The van der Waals surface area contributed by atoms with E-state index in [2.05, 4.69) is 25.5 Å². The van der Waals surface area contributed by atoms with Crippen LogP contribution in [0.5, 0.6) is 0 Å². The summed E-state index contributed by atoms with van der Waals surface area (Å²) >= 11 is 3.04. The average molecular weight is 345 g/mol. The quantitative estimate of drug-likeness (QED) is 0.671. The first-order valence-corrected chi connectivity index (χ1v) is 8.87. The number of carbonyl (C=O) groups is 1. The molecule has 0 radical (unpaired) electrons. The summed E-state index contributed by atoms with van der Waals surface area (Å²) in [7, 11) is 0. The number of hydrogen-bond donors (Lipinski definition) is 2. The number of aromatic nitrogens is 4. The van der Waals surface area contributed by atoms with Crippen LogP contribution < -0.4 is 5.32 Å². The van der Waals surface area contributed by atoms with Gasteiger partial charge in [-0.3, -0.25) is 9.89 Å². The van der Waals surface area contributed by atoms with Crippen LogP contribution in [0, 0.1) is 0 Å². The number of aromatic amines is 1. The maximum Gasteiger partial charge on any atom is 0.252 e. The second-order valence-electron chi connectivity index (χ2n) is 4.80. The van der Waals surface area contributed by atoms with Crippen LogP contribution in [0.2, 0.25) is 0 Å². The van der Waals surface area contributed by atoms with E-state index in [0.717, 1.165) is 15.7 Å². The van der Waals surface area contributed by atoms with Crippen LogP contribution >= 0.6 is 23.1 Å². The van der Waals surface area contributed by atoms with Gasteiger partial charge in [0.05, 0.1) is 6.04 Å². The molecule has 0 saturated carbocycles. The molecule has 0 aliphatic heterocycles. The van der Waals surface area contributed by atoms with Gasteiger partial charge < -0.3 is 5.32 Å². The van der Waals surface area contributed by atoms with E-state index >= 15 is 0 Å². The summed E-state index contributed by atoms with van der Waals surface area (Å²) < 4.78 is 0. The van der Waals surface area contributed by atoms with E-state index in [0.29, 0.717) is 11.3 Å². The number of H-pyrrole nitrogens is 1. The van der Waals surface area contributed by atoms with Gasteiger partial charge in [-0.25, -0.2) is 9.97 Å². The lowest BCUT2D eigenvalue weighted by Gasteiger charge is -2.13. The molecule has 0 bridgehead atoms. The molecular weight excluding hydrogens is 330 g/mol. The molecule has 1 aromatic carbocycles. The highest BCUT2D eigenvalue weighted by atomic mass is 32.2. The number of carbonyl (C=O) groups excluding carboxylic acids is 1. The number of nitrogens with one attached hydrogen (secondary N) is 2. The van der Waals surface area contributed by atoms with Gasteiger partial charge >= 0.3 is 0 Å². The molecule has 0 unspecified atom stereocenters. The van der Waals surface area contributed by atoms with Crippen LogP contribution in [-0.4, -0.2) is 26.1 Å². The summed E-state index contributed by atoms with van der Waals surface area (Å²) in [6.07, 6.45) is 3.21. The van der Waals surface area contributed by atoms with Crippen molar-refractivity contribution in [3.05, 3.63) is 58.3 Å². The SMILES string of the molecule is C[C@H](NC(=O)c1ccccc1CSc1ncn[nH]1)c1nccs1. The Bertz CT molecular complexity index is 758. The van der Waals surface area contributed by atoms with Crippen molar-refractivity contribution in [2.75, 3.05) is 0 Å². The van der Waals surface area contributed by atoms with Gasteiger partial charge in [-0.1, -0.05) is 30.0 Å². The minimum atomic E-state index is -0.113. The molecular formula is C15H15N5OS2. The van der Waals surface area contributed by atoms with E-state index in [1.54, 1.807) is 6.20 Å². The first kappa shape index (κ1) is 15.7. The lowest BCUT2D eigenvalue weighted by Crippen LogP contribution is -2.27. The molecule has 118 valence electrons. The number of amides is 1. The Labute approximate surface area is 141 Å². The van der Waals surface area contributed by atoms with Gasteiger partial charge in [-0.05, 0) is 18.6 Å². The van der Waals surface area contributed by atoms with Crippen molar-refractivity contribution in [2.45, 2.75) is 23.9 Å². The molecule has 0 aliphatic rings. The molecule has 2 aromatic heterocycles. The van der Waals surface area contributed by atoms with Gasteiger partial charge in [-0.15, -0.1) is 11.3 Å².